The van der Waals surface area contributed by atoms with Gasteiger partial charge >= 0.3 is 6.03 Å². The summed E-state index contributed by atoms with van der Waals surface area (Å²) in [6, 6.07) is 5.05. The number of nitrogens with one attached hydrogen (secondary N) is 1. The van der Waals surface area contributed by atoms with E-state index >= 15 is 0 Å². The van der Waals surface area contributed by atoms with Crippen LogP contribution in [0.25, 0.3) is 0 Å². The summed E-state index contributed by atoms with van der Waals surface area (Å²) < 4.78 is 13.0. The molecule has 0 aliphatic heterocycles. The summed E-state index contributed by atoms with van der Waals surface area (Å²) in [5.74, 6) is -0.364. The molecule has 0 atom stereocenters. The first-order valence-corrected chi connectivity index (χ1v) is 6.05. The van der Waals surface area contributed by atoms with Gasteiger partial charge in [-0.15, -0.1) is 10.2 Å². The Kier molecular flexibility index (Phi) is 3.73. The van der Waals surface area contributed by atoms with Crippen LogP contribution in [0.3, 0.4) is 0 Å². The SMILES string of the molecule is CN(C(=O)Nc1ccc(F)cc1)c1nnc(Cl)s1. The van der Waals surface area contributed by atoms with Crippen molar-refractivity contribution in [3.63, 3.8) is 0 Å². The molecule has 1 aromatic heterocycles. The molecule has 1 heterocycles. The standard InChI is InChI=1S/C10H8ClFN4OS/c1-16(10-15-14-8(11)18-10)9(17)13-7-4-2-6(12)3-5-7/h2-5H,1H3,(H,13,17). The van der Waals surface area contributed by atoms with E-state index < -0.39 is 6.03 Å². The monoisotopic (exact) mass is 286 g/mol. The fourth-order valence-electron chi connectivity index (χ4n) is 1.16. The van der Waals surface area contributed by atoms with Crippen LogP contribution in [0.2, 0.25) is 4.47 Å². The Hall–Kier alpha value is -1.73. The van der Waals surface area contributed by atoms with Crippen LogP contribution in [-0.2, 0) is 0 Å². The van der Waals surface area contributed by atoms with Gasteiger partial charge < -0.3 is 5.32 Å². The van der Waals surface area contributed by atoms with Crippen LogP contribution in [-0.4, -0.2) is 23.3 Å². The lowest BCUT2D eigenvalue weighted by Gasteiger charge is -2.14. The van der Waals surface area contributed by atoms with Crippen LogP contribution in [0.15, 0.2) is 24.3 Å². The highest BCUT2D eigenvalue weighted by Crippen LogP contribution is 2.23. The highest BCUT2D eigenvalue weighted by Gasteiger charge is 2.15. The van der Waals surface area contributed by atoms with Crippen molar-refractivity contribution in [1.29, 1.82) is 0 Å². The maximum Gasteiger partial charge on any atom is 0.327 e. The molecule has 0 aliphatic rings. The van der Waals surface area contributed by atoms with Crippen LogP contribution in [0, 0.1) is 5.82 Å². The minimum Gasteiger partial charge on any atom is -0.307 e. The van der Waals surface area contributed by atoms with E-state index in [-0.39, 0.29) is 10.3 Å². The Balaban J connectivity index is 2.05. The van der Waals surface area contributed by atoms with Crippen LogP contribution >= 0.6 is 22.9 Å². The molecular weight excluding hydrogens is 279 g/mol. The number of hydrogen-bond donors (Lipinski definition) is 1. The Morgan fingerprint density at radius 2 is 2.06 bits per heavy atom. The lowest BCUT2D eigenvalue weighted by Crippen LogP contribution is -2.31. The number of urea groups is 1. The minimum atomic E-state index is -0.408. The van der Waals surface area contributed by atoms with Gasteiger partial charge in [-0.05, 0) is 35.9 Å². The quantitative estimate of drug-likeness (QED) is 0.923. The van der Waals surface area contributed by atoms with Gasteiger partial charge in [-0.2, -0.15) is 0 Å². The predicted octanol–water partition coefficient (Wildman–Crippen LogP) is 3.00. The molecule has 2 rings (SSSR count). The Morgan fingerprint density at radius 3 is 2.61 bits per heavy atom. The summed E-state index contributed by atoms with van der Waals surface area (Å²) in [6.45, 7) is 0. The smallest absolute Gasteiger partial charge is 0.307 e. The number of halogens is 2. The van der Waals surface area contributed by atoms with Crippen molar-refractivity contribution < 1.29 is 9.18 Å². The van der Waals surface area contributed by atoms with E-state index in [1.54, 1.807) is 0 Å². The second-order valence-corrected chi connectivity index (χ2v) is 4.87. The highest BCUT2D eigenvalue weighted by atomic mass is 35.5. The van der Waals surface area contributed by atoms with Gasteiger partial charge in [-0.25, -0.2) is 9.18 Å². The van der Waals surface area contributed by atoms with Gasteiger partial charge in [0.15, 0.2) is 0 Å². The van der Waals surface area contributed by atoms with Crippen molar-refractivity contribution in [3.05, 3.63) is 34.5 Å². The van der Waals surface area contributed by atoms with Crippen molar-refractivity contribution in [1.82, 2.24) is 10.2 Å². The molecule has 8 heteroatoms. The van der Waals surface area contributed by atoms with Crippen LogP contribution in [0.5, 0.6) is 0 Å². The van der Waals surface area contributed by atoms with Crippen molar-refractivity contribution in [2.75, 3.05) is 17.3 Å². The zero-order valence-corrected chi connectivity index (χ0v) is 10.8. The molecule has 1 aromatic carbocycles. The zero-order chi connectivity index (χ0) is 13.1. The summed E-state index contributed by atoms with van der Waals surface area (Å²) >= 11 is 6.72. The topological polar surface area (TPSA) is 58.1 Å². The number of hydrogen-bond acceptors (Lipinski definition) is 4. The number of aromatic nitrogens is 2. The Bertz CT molecular complexity index is 559. The van der Waals surface area contributed by atoms with Crippen LogP contribution < -0.4 is 10.2 Å². The average molecular weight is 287 g/mol. The largest absolute Gasteiger partial charge is 0.327 e. The summed E-state index contributed by atoms with van der Waals surface area (Å²) in [6.07, 6.45) is 0. The van der Waals surface area contributed by atoms with Gasteiger partial charge in [0.2, 0.25) is 9.60 Å². The number of nitrogens with zero attached hydrogens (tertiary/aromatic N) is 3. The van der Waals surface area contributed by atoms with E-state index in [1.165, 1.54) is 36.2 Å². The fourth-order valence-corrected chi connectivity index (χ4v) is 1.94. The lowest BCUT2D eigenvalue weighted by molar-refractivity contribution is 0.258. The van der Waals surface area contributed by atoms with E-state index in [0.29, 0.717) is 10.8 Å². The second-order valence-electron chi connectivity index (χ2n) is 3.33. The Morgan fingerprint density at radius 1 is 1.39 bits per heavy atom. The molecule has 94 valence electrons. The number of anilines is 2. The molecule has 18 heavy (non-hydrogen) atoms. The zero-order valence-electron chi connectivity index (χ0n) is 9.22. The van der Waals surface area contributed by atoms with Crippen molar-refractivity contribution >= 4 is 39.8 Å². The number of carbonyl (C=O) groups is 1. The van der Waals surface area contributed by atoms with Gasteiger partial charge in [-0.3, -0.25) is 4.90 Å². The first kappa shape index (κ1) is 12.7. The molecule has 1 N–H and O–H groups in total. The van der Waals surface area contributed by atoms with Gasteiger partial charge in [0.05, 0.1) is 0 Å². The highest BCUT2D eigenvalue weighted by molar-refractivity contribution is 7.19. The third-order valence-electron chi connectivity index (χ3n) is 2.08. The maximum atomic E-state index is 12.7. The normalized spacial score (nSPS) is 10.2. The van der Waals surface area contributed by atoms with Gasteiger partial charge in [0.1, 0.15) is 5.82 Å². The molecule has 0 fully saturated rings. The summed E-state index contributed by atoms with van der Waals surface area (Å²) in [7, 11) is 1.54. The Labute approximate surface area is 111 Å². The van der Waals surface area contributed by atoms with Crippen molar-refractivity contribution in [3.8, 4) is 0 Å². The van der Waals surface area contributed by atoms with E-state index in [9.17, 15) is 9.18 Å². The van der Waals surface area contributed by atoms with E-state index in [4.69, 9.17) is 11.6 Å². The summed E-state index contributed by atoms with van der Waals surface area (Å²) in [5.41, 5.74) is 0.490. The first-order valence-electron chi connectivity index (χ1n) is 4.85. The summed E-state index contributed by atoms with van der Waals surface area (Å²) in [5, 5.41) is 10.3. The van der Waals surface area contributed by atoms with Gasteiger partial charge in [-0.1, -0.05) is 11.3 Å². The molecule has 0 aliphatic carbocycles. The summed E-state index contributed by atoms with van der Waals surface area (Å²) in [4.78, 5) is 13.1. The van der Waals surface area contributed by atoms with E-state index in [1.807, 2.05) is 0 Å². The van der Waals surface area contributed by atoms with Crippen LogP contribution in [0.4, 0.5) is 20.0 Å². The molecule has 0 saturated carbocycles. The van der Waals surface area contributed by atoms with Crippen molar-refractivity contribution in [2.45, 2.75) is 0 Å². The van der Waals surface area contributed by atoms with Gasteiger partial charge in [0, 0.05) is 12.7 Å². The first-order chi connectivity index (χ1) is 8.56. The molecule has 0 saturated heterocycles. The fraction of sp³-hybridized carbons (Fsp3) is 0.100. The van der Waals surface area contributed by atoms with E-state index in [2.05, 4.69) is 15.5 Å². The number of amides is 2. The number of benzene rings is 1. The average Bonchev–Trinajstić information content (AvgIpc) is 2.78. The number of rotatable bonds is 2. The van der Waals surface area contributed by atoms with E-state index in [0.717, 1.165) is 11.3 Å². The third-order valence-corrected chi connectivity index (χ3v) is 3.17. The third kappa shape index (κ3) is 2.93. The maximum absolute atomic E-state index is 12.7. The van der Waals surface area contributed by atoms with Crippen molar-refractivity contribution in [2.24, 2.45) is 0 Å². The minimum absolute atomic E-state index is 0.256. The molecule has 2 aromatic rings. The molecule has 0 spiro atoms. The molecule has 2 amide bonds. The van der Waals surface area contributed by atoms with Gasteiger partial charge in [0.25, 0.3) is 0 Å². The molecule has 0 radical (unpaired) electrons. The molecule has 5 nitrogen and oxygen atoms in total. The molecule has 0 unspecified atom stereocenters. The number of carbonyl (C=O) groups excluding carboxylic acids is 1. The second kappa shape index (κ2) is 5.28. The lowest BCUT2D eigenvalue weighted by atomic mass is 10.3. The predicted molar refractivity (Wildman–Crippen MR) is 68.7 cm³/mol. The molecular formula is C10H8ClFN4OS. The van der Waals surface area contributed by atoms with Crippen LogP contribution in [0.1, 0.15) is 0 Å². The molecule has 0 bridgehead atoms.